The van der Waals surface area contributed by atoms with Crippen LogP contribution in [0.15, 0.2) is 40.1 Å². The van der Waals surface area contributed by atoms with Gasteiger partial charge in [-0.1, -0.05) is 24.6 Å². The van der Waals surface area contributed by atoms with E-state index in [1.54, 1.807) is 4.57 Å². The van der Waals surface area contributed by atoms with Crippen LogP contribution >= 0.6 is 0 Å². The second-order valence-corrected chi connectivity index (χ2v) is 6.37. The Balaban J connectivity index is 1.92. The molecule has 7 nitrogen and oxygen atoms in total. The lowest BCUT2D eigenvalue weighted by Crippen LogP contribution is -2.45. The van der Waals surface area contributed by atoms with Crippen LogP contribution in [-0.2, 0) is 4.79 Å². The normalized spacial score (nSPS) is 18.6. The molecular weight excluding hydrogens is 306 g/mol. The number of hydrogen-bond acceptors (Lipinski definition) is 4. The molecule has 0 radical (unpaired) electrons. The van der Waals surface area contributed by atoms with E-state index in [4.69, 9.17) is 5.73 Å². The van der Waals surface area contributed by atoms with Crippen molar-refractivity contribution in [2.24, 2.45) is 10.7 Å². The van der Waals surface area contributed by atoms with Crippen LogP contribution in [0, 0.1) is 0 Å². The van der Waals surface area contributed by atoms with Gasteiger partial charge < -0.3 is 16.0 Å². The number of fused-ring (bicyclic) bond motifs is 1. The number of hydrogen-bond donors (Lipinski definition) is 3. The number of aromatic nitrogens is 2. The molecule has 1 amide bonds. The first-order valence-electron chi connectivity index (χ1n) is 8.18. The van der Waals surface area contributed by atoms with Crippen LogP contribution in [0.1, 0.15) is 37.8 Å². The lowest BCUT2D eigenvalue weighted by atomic mass is 9.88. The highest BCUT2D eigenvalue weighted by atomic mass is 16.2. The Morgan fingerprint density at radius 1 is 1.17 bits per heavy atom. The quantitative estimate of drug-likeness (QED) is 0.779. The van der Waals surface area contributed by atoms with Crippen LogP contribution in [0.4, 0.5) is 5.82 Å². The number of rotatable bonds is 2. The zero-order chi connectivity index (χ0) is 16.7. The average molecular weight is 325 g/mol. The molecule has 2 heterocycles. The third-order valence-electron chi connectivity index (χ3n) is 4.74. The smallest absolute Gasteiger partial charge is 0.332 e. The van der Waals surface area contributed by atoms with E-state index in [0.29, 0.717) is 11.5 Å². The molecule has 1 aromatic heterocycles. The fourth-order valence-electron chi connectivity index (χ4n) is 3.62. The molecule has 4 N–H and O–H groups in total. The van der Waals surface area contributed by atoms with Gasteiger partial charge in [0.2, 0.25) is 0 Å². The van der Waals surface area contributed by atoms with Crippen molar-refractivity contribution in [3.63, 3.8) is 0 Å². The Kier molecular flexibility index (Phi) is 3.30. The number of benzene rings is 1. The second kappa shape index (κ2) is 5.36. The number of H-pyrrole nitrogens is 1. The summed E-state index contributed by atoms with van der Waals surface area (Å²) in [5.41, 5.74) is 5.91. The van der Waals surface area contributed by atoms with Gasteiger partial charge >= 0.3 is 5.69 Å². The zero-order valence-corrected chi connectivity index (χ0v) is 13.2. The largest absolute Gasteiger partial charge is 0.364 e. The summed E-state index contributed by atoms with van der Waals surface area (Å²) in [5, 5.41) is 3.42. The molecule has 0 unspecified atom stereocenters. The zero-order valence-electron chi connectivity index (χ0n) is 13.2. The lowest BCUT2D eigenvalue weighted by Gasteiger charge is -2.38. The van der Waals surface area contributed by atoms with Crippen molar-refractivity contribution in [1.82, 2.24) is 9.55 Å². The summed E-state index contributed by atoms with van der Waals surface area (Å²) >= 11 is 0. The molecule has 4 rings (SSSR count). The third-order valence-corrected chi connectivity index (χ3v) is 4.74. The first-order chi connectivity index (χ1) is 11.6. The number of carbonyl (C=O) groups is 1. The van der Waals surface area contributed by atoms with Crippen LogP contribution < -0.4 is 16.7 Å². The molecule has 1 aromatic carbocycles. The first-order valence-corrected chi connectivity index (χ1v) is 8.18. The number of anilines is 1. The lowest BCUT2D eigenvalue weighted by molar-refractivity contribution is -0.112. The minimum absolute atomic E-state index is 0.150. The summed E-state index contributed by atoms with van der Waals surface area (Å²) in [6.45, 7) is 0. The van der Waals surface area contributed by atoms with Gasteiger partial charge in [-0.2, -0.15) is 0 Å². The number of carbonyl (C=O) groups excluding carboxylic acids is 1. The summed E-state index contributed by atoms with van der Waals surface area (Å²) in [4.78, 5) is 31.8. The molecule has 2 aliphatic rings. The molecule has 1 fully saturated rings. The van der Waals surface area contributed by atoms with E-state index in [-0.39, 0.29) is 11.4 Å². The van der Waals surface area contributed by atoms with Gasteiger partial charge in [0.05, 0.1) is 5.69 Å². The topological polar surface area (TPSA) is 105 Å². The molecule has 24 heavy (non-hydrogen) atoms. The molecule has 0 atom stereocenters. The van der Waals surface area contributed by atoms with E-state index >= 15 is 0 Å². The average Bonchev–Trinajstić information content (AvgIpc) is 2.91. The van der Waals surface area contributed by atoms with E-state index in [9.17, 15) is 9.59 Å². The van der Waals surface area contributed by atoms with E-state index < -0.39 is 11.6 Å². The number of imidazole rings is 1. The van der Waals surface area contributed by atoms with Gasteiger partial charge in [0.15, 0.2) is 5.71 Å². The molecule has 0 saturated heterocycles. The van der Waals surface area contributed by atoms with Gasteiger partial charge in [-0.15, -0.1) is 0 Å². The second-order valence-electron chi connectivity index (χ2n) is 6.37. The summed E-state index contributed by atoms with van der Waals surface area (Å²) < 4.78 is 1.54. The number of aliphatic imine (C=N–C) groups is 1. The maximum absolute atomic E-state index is 12.5. The molecule has 1 spiro atoms. The van der Waals surface area contributed by atoms with Gasteiger partial charge in [0.1, 0.15) is 17.2 Å². The summed E-state index contributed by atoms with van der Waals surface area (Å²) in [7, 11) is 0. The highest BCUT2D eigenvalue weighted by molar-refractivity contribution is 6.45. The number of primary amides is 1. The molecule has 1 saturated carbocycles. The molecular formula is C17H19N5O2. The molecule has 1 aliphatic carbocycles. The van der Waals surface area contributed by atoms with Gasteiger partial charge in [-0.3, -0.25) is 4.79 Å². The molecule has 0 bridgehead atoms. The van der Waals surface area contributed by atoms with E-state index in [2.05, 4.69) is 15.3 Å². The number of nitrogens with two attached hydrogens (primary N) is 1. The van der Waals surface area contributed by atoms with Crippen molar-refractivity contribution in [3.05, 3.63) is 46.5 Å². The Bertz CT molecular complexity index is 872. The van der Waals surface area contributed by atoms with Gasteiger partial charge in [-0.05, 0) is 37.8 Å². The minimum atomic E-state index is -0.621. The van der Waals surface area contributed by atoms with Crippen molar-refractivity contribution in [2.75, 3.05) is 5.32 Å². The fraction of sp³-hybridized carbons (Fsp3) is 0.353. The summed E-state index contributed by atoms with van der Waals surface area (Å²) in [6.07, 6.45) is 4.83. The van der Waals surface area contributed by atoms with Gasteiger partial charge in [0.25, 0.3) is 5.91 Å². The van der Waals surface area contributed by atoms with Crippen LogP contribution in [0.3, 0.4) is 0 Å². The van der Waals surface area contributed by atoms with Crippen molar-refractivity contribution < 1.29 is 4.79 Å². The van der Waals surface area contributed by atoms with Crippen molar-refractivity contribution in [1.29, 1.82) is 0 Å². The predicted molar refractivity (Wildman–Crippen MR) is 91.6 cm³/mol. The highest BCUT2D eigenvalue weighted by Gasteiger charge is 2.40. The maximum atomic E-state index is 12.5. The summed E-state index contributed by atoms with van der Waals surface area (Å²) in [5.74, 6) is -0.0546. The van der Waals surface area contributed by atoms with Gasteiger partial charge in [0, 0.05) is 0 Å². The Morgan fingerprint density at radius 2 is 1.88 bits per heavy atom. The fourth-order valence-corrected chi connectivity index (χ4v) is 3.62. The SMILES string of the molecule is NC(=O)C1=NC2(CCCCC2)Nc2c1[nH]c(=O)n2-c1ccccc1. The van der Waals surface area contributed by atoms with Crippen molar-refractivity contribution >= 4 is 17.4 Å². The Labute approximate surface area is 138 Å². The third kappa shape index (κ3) is 2.24. The Morgan fingerprint density at radius 3 is 2.54 bits per heavy atom. The first kappa shape index (κ1) is 14.7. The standard InChI is InChI=1S/C17H19N5O2/c18-14(23)12-13-15(21-17(20-12)9-5-2-6-10-17)22(16(24)19-13)11-7-3-1-4-8-11/h1,3-4,7-8,21H,2,5-6,9-10H2,(H2,18,23)(H,19,24). The van der Waals surface area contributed by atoms with Gasteiger partial charge in [-0.25, -0.2) is 14.4 Å². The minimum Gasteiger partial charge on any atom is -0.364 e. The number of amides is 1. The highest BCUT2D eigenvalue weighted by Crippen LogP contribution is 2.37. The van der Waals surface area contributed by atoms with E-state index in [0.717, 1.165) is 37.8 Å². The number of nitrogens with zero attached hydrogens (tertiary/aromatic N) is 2. The number of nitrogens with one attached hydrogen (secondary N) is 2. The van der Waals surface area contributed by atoms with Crippen molar-refractivity contribution in [2.45, 2.75) is 37.8 Å². The van der Waals surface area contributed by atoms with Crippen LogP contribution in [0.5, 0.6) is 0 Å². The predicted octanol–water partition coefficient (Wildman–Crippen LogP) is 1.53. The van der Waals surface area contributed by atoms with Crippen LogP contribution in [0.2, 0.25) is 0 Å². The van der Waals surface area contributed by atoms with Crippen LogP contribution in [0.25, 0.3) is 5.69 Å². The Hall–Kier alpha value is -2.83. The molecule has 1 aliphatic heterocycles. The van der Waals surface area contributed by atoms with Crippen LogP contribution in [-0.4, -0.2) is 26.8 Å². The molecule has 7 heteroatoms. The summed E-state index contributed by atoms with van der Waals surface area (Å²) in [6, 6.07) is 9.31. The monoisotopic (exact) mass is 325 g/mol. The van der Waals surface area contributed by atoms with E-state index in [1.807, 2.05) is 30.3 Å². The molecule has 124 valence electrons. The number of aromatic amines is 1. The molecule has 2 aromatic rings. The van der Waals surface area contributed by atoms with Crippen molar-refractivity contribution in [3.8, 4) is 5.69 Å². The number of para-hydroxylation sites is 1. The maximum Gasteiger partial charge on any atom is 0.332 e. The van der Waals surface area contributed by atoms with E-state index in [1.165, 1.54) is 0 Å².